The maximum atomic E-state index is 16.1. The molecule has 0 aromatic heterocycles. The molecule has 258 valence electrons. The zero-order valence-electron chi connectivity index (χ0n) is 28.8. The number of aromatic hydroxyl groups is 1. The Hall–Kier alpha value is -3.38. The predicted octanol–water partition coefficient (Wildman–Crippen LogP) is 8.91. The van der Waals surface area contributed by atoms with E-state index in [2.05, 4.69) is 31.2 Å². The standard InChI is InChI=1S/C42H54FNO4/c1-3-48-34-19-16-30(17-20-34)41(47)44(25-11-14-29-12-7-6-8-13-29)24-10-5-4-9-15-31-26-32-27-33(45)18-21-35(32)40-37(43)28-42(2)36(39(31)40)22-23-38(42)46/h6-8,12-13,16-21,27,31,36-40,45-46H,3-5,9-11,14-15,22-26,28H2,1-2H3/t31?,36?,37-,38-,39?,40?,42?/m0/s1. The molecular weight excluding hydrogens is 601 g/mol. The minimum Gasteiger partial charge on any atom is -0.508 e. The third-order valence-corrected chi connectivity index (χ3v) is 12.0. The van der Waals surface area contributed by atoms with Gasteiger partial charge in [0.1, 0.15) is 17.7 Å². The van der Waals surface area contributed by atoms with E-state index in [0.29, 0.717) is 30.4 Å². The number of hydrogen-bond acceptors (Lipinski definition) is 4. The number of carbonyl (C=O) groups excluding carboxylic acids is 1. The van der Waals surface area contributed by atoms with Crippen LogP contribution in [0.1, 0.15) is 105 Å². The first-order valence-electron chi connectivity index (χ1n) is 18.5. The molecule has 0 aliphatic heterocycles. The number of aryl methyl sites for hydroxylation is 1. The number of fused-ring (bicyclic) bond motifs is 5. The van der Waals surface area contributed by atoms with E-state index < -0.39 is 12.3 Å². The van der Waals surface area contributed by atoms with Gasteiger partial charge in [-0.2, -0.15) is 0 Å². The van der Waals surface area contributed by atoms with Crippen LogP contribution in [0.25, 0.3) is 0 Å². The minimum atomic E-state index is -0.976. The van der Waals surface area contributed by atoms with Crippen molar-refractivity contribution >= 4 is 5.91 Å². The lowest BCUT2D eigenvalue weighted by Gasteiger charge is -2.54. The Bertz CT molecular complexity index is 1500. The summed E-state index contributed by atoms with van der Waals surface area (Å²) in [6, 6.07) is 23.5. The highest BCUT2D eigenvalue weighted by molar-refractivity contribution is 5.94. The number of benzene rings is 3. The molecule has 3 aliphatic rings. The average Bonchev–Trinajstić information content (AvgIpc) is 3.38. The molecule has 1 amide bonds. The molecule has 48 heavy (non-hydrogen) atoms. The van der Waals surface area contributed by atoms with Crippen LogP contribution in [-0.4, -0.2) is 53.0 Å². The van der Waals surface area contributed by atoms with Crippen molar-refractivity contribution in [1.82, 2.24) is 4.90 Å². The fourth-order valence-electron chi connectivity index (χ4n) is 9.57. The van der Waals surface area contributed by atoms with Crippen LogP contribution in [0.15, 0.2) is 72.8 Å². The average molecular weight is 656 g/mol. The summed E-state index contributed by atoms with van der Waals surface area (Å²) in [4.78, 5) is 15.6. The van der Waals surface area contributed by atoms with Crippen molar-refractivity contribution in [2.24, 2.45) is 23.2 Å². The number of aliphatic hydroxyl groups is 1. The molecule has 0 radical (unpaired) electrons. The minimum absolute atomic E-state index is 0.0705. The Morgan fingerprint density at radius 1 is 0.958 bits per heavy atom. The van der Waals surface area contributed by atoms with Gasteiger partial charge in [-0.3, -0.25) is 4.79 Å². The third-order valence-electron chi connectivity index (χ3n) is 12.0. The monoisotopic (exact) mass is 655 g/mol. The molecule has 0 heterocycles. The number of rotatable bonds is 14. The van der Waals surface area contributed by atoms with Crippen molar-refractivity contribution in [3.63, 3.8) is 0 Å². The predicted molar refractivity (Wildman–Crippen MR) is 189 cm³/mol. The number of unbranched alkanes of at least 4 members (excludes halogenated alkanes) is 3. The lowest BCUT2D eigenvalue weighted by molar-refractivity contribution is -0.0722. The Kier molecular flexibility index (Phi) is 11.1. The van der Waals surface area contributed by atoms with Gasteiger partial charge >= 0.3 is 0 Å². The molecule has 0 saturated heterocycles. The second-order valence-electron chi connectivity index (χ2n) is 14.9. The maximum Gasteiger partial charge on any atom is 0.253 e. The van der Waals surface area contributed by atoms with E-state index in [-0.39, 0.29) is 28.9 Å². The van der Waals surface area contributed by atoms with Gasteiger partial charge in [0.2, 0.25) is 0 Å². The molecule has 6 rings (SSSR count). The molecular formula is C42H54FNO4. The molecule has 2 fully saturated rings. The topological polar surface area (TPSA) is 70.0 Å². The van der Waals surface area contributed by atoms with Crippen LogP contribution in [0.3, 0.4) is 0 Å². The Morgan fingerprint density at radius 2 is 1.71 bits per heavy atom. The van der Waals surface area contributed by atoms with Crippen molar-refractivity contribution in [3.05, 3.63) is 95.1 Å². The van der Waals surface area contributed by atoms with Crippen molar-refractivity contribution in [3.8, 4) is 11.5 Å². The molecule has 0 spiro atoms. The molecule has 5 unspecified atom stereocenters. The Morgan fingerprint density at radius 3 is 2.48 bits per heavy atom. The van der Waals surface area contributed by atoms with Crippen molar-refractivity contribution in [1.29, 1.82) is 0 Å². The van der Waals surface area contributed by atoms with Crippen LogP contribution in [0.5, 0.6) is 11.5 Å². The SMILES string of the molecule is CCOc1ccc(C(=O)N(CCCCCCC2Cc3cc(O)ccc3C3C2C2CC[C@H](O)C2(C)C[C@@H]3F)CCCc2ccccc2)cc1. The highest BCUT2D eigenvalue weighted by Crippen LogP contribution is 2.63. The lowest BCUT2D eigenvalue weighted by Crippen LogP contribution is -2.51. The van der Waals surface area contributed by atoms with Crippen LogP contribution in [-0.2, 0) is 12.8 Å². The van der Waals surface area contributed by atoms with Crippen LogP contribution in [0, 0.1) is 23.2 Å². The highest BCUT2D eigenvalue weighted by Gasteiger charge is 2.59. The van der Waals surface area contributed by atoms with Crippen molar-refractivity contribution in [2.75, 3.05) is 19.7 Å². The van der Waals surface area contributed by atoms with Crippen molar-refractivity contribution in [2.45, 2.75) is 103 Å². The van der Waals surface area contributed by atoms with Gasteiger partial charge in [0.05, 0.1) is 12.7 Å². The molecule has 2 N–H and O–H groups in total. The van der Waals surface area contributed by atoms with E-state index in [4.69, 9.17) is 4.74 Å². The van der Waals surface area contributed by atoms with Gasteiger partial charge < -0.3 is 19.8 Å². The van der Waals surface area contributed by atoms with Gasteiger partial charge in [-0.05, 0) is 135 Å². The first-order chi connectivity index (χ1) is 23.3. The third kappa shape index (κ3) is 7.44. The van der Waals surface area contributed by atoms with Crippen molar-refractivity contribution < 1.29 is 24.1 Å². The van der Waals surface area contributed by atoms with E-state index in [1.807, 2.05) is 54.3 Å². The number of ether oxygens (including phenoxy) is 1. The molecule has 3 aliphatic carbocycles. The Labute approximate surface area is 286 Å². The van der Waals surface area contributed by atoms with Crippen LogP contribution in [0.4, 0.5) is 4.39 Å². The fraction of sp³-hybridized carbons (Fsp3) is 0.548. The number of phenols is 1. The Balaban J connectivity index is 1.06. The summed E-state index contributed by atoms with van der Waals surface area (Å²) in [6.07, 6.45) is 8.62. The molecule has 6 heteroatoms. The summed E-state index contributed by atoms with van der Waals surface area (Å²) >= 11 is 0. The molecule has 3 aromatic carbocycles. The number of amides is 1. The summed E-state index contributed by atoms with van der Waals surface area (Å²) in [5, 5.41) is 21.2. The number of alkyl halides is 1. The largest absolute Gasteiger partial charge is 0.508 e. The van der Waals surface area contributed by atoms with Gasteiger partial charge in [0.15, 0.2) is 0 Å². The van der Waals surface area contributed by atoms with E-state index in [9.17, 15) is 15.0 Å². The second kappa shape index (κ2) is 15.4. The molecule has 3 aromatic rings. The number of phenolic OH excluding ortho intramolecular Hbond substituents is 1. The van der Waals surface area contributed by atoms with Gasteiger partial charge in [0, 0.05) is 24.6 Å². The van der Waals surface area contributed by atoms with Gasteiger partial charge in [-0.25, -0.2) is 4.39 Å². The molecule has 5 nitrogen and oxygen atoms in total. The first-order valence-corrected chi connectivity index (χ1v) is 18.5. The zero-order valence-corrected chi connectivity index (χ0v) is 28.8. The van der Waals surface area contributed by atoms with Gasteiger partial charge in [-0.15, -0.1) is 0 Å². The highest BCUT2D eigenvalue weighted by atomic mass is 19.1. The quantitative estimate of drug-likeness (QED) is 0.170. The molecule has 2 saturated carbocycles. The van der Waals surface area contributed by atoms with E-state index >= 15 is 4.39 Å². The van der Waals surface area contributed by atoms with Crippen LogP contribution >= 0.6 is 0 Å². The second-order valence-corrected chi connectivity index (χ2v) is 14.9. The smallest absolute Gasteiger partial charge is 0.253 e. The number of hydrogen-bond donors (Lipinski definition) is 2. The normalized spacial score (nSPS) is 27.5. The van der Waals surface area contributed by atoms with Gasteiger partial charge in [-0.1, -0.05) is 62.6 Å². The summed E-state index contributed by atoms with van der Waals surface area (Å²) in [7, 11) is 0. The maximum absolute atomic E-state index is 16.1. The molecule has 7 atom stereocenters. The van der Waals surface area contributed by atoms with E-state index in [1.165, 1.54) is 5.56 Å². The van der Waals surface area contributed by atoms with Crippen LogP contribution in [0.2, 0.25) is 0 Å². The number of carbonyl (C=O) groups is 1. The van der Waals surface area contributed by atoms with Crippen LogP contribution < -0.4 is 4.74 Å². The summed E-state index contributed by atoms with van der Waals surface area (Å²) in [6.45, 7) is 6.12. The lowest BCUT2D eigenvalue weighted by atomic mass is 9.51. The summed E-state index contributed by atoms with van der Waals surface area (Å²) in [5.74, 6) is 1.84. The zero-order chi connectivity index (χ0) is 33.7. The van der Waals surface area contributed by atoms with Gasteiger partial charge in [0.25, 0.3) is 5.91 Å². The number of nitrogens with zero attached hydrogens (tertiary/aromatic N) is 1. The van der Waals surface area contributed by atoms with E-state index in [0.717, 1.165) is 94.2 Å². The van der Waals surface area contributed by atoms with E-state index in [1.54, 1.807) is 6.07 Å². The fourth-order valence-corrected chi connectivity index (χ4v) is 9.57. The molecule has 0 bridgehead atoms. The summed E-state index contributed by atoms with van der Waals surface area (Å²) < 4.78 is 21.7. The summed E-state index contributed by atoms with van der Waals surface area (Å²) in [5.41, 5.74) is 3.81. The number of halogens is 1. The number of aliphatic hydroxyl groups excluding tert-OH is 1. The first kappa shape index (κ1) is 34.5.